The largest absolute Gasteiger partial charge is 0.494 e. The predicted molar refractivity (Wildman–Crippen MR) is 98.3 cm³/mol. The predicted octanol–water partition coefficient (Wildman–Crippen LogP) is 3.52. The van der Waals surface area contributed by atoms with Crippen LogP contribution in [-0.2, 0) is 15.9 Å². The lowest BCUT2D eigenvalue weighted by Crippen LogP contribution is -2.41. The van der Waals surface area contributed by atoms with E-state index < -0.39 is 24.1 Å². The molecule has 0 bridgehead atoms. The van der Waals surface area contributed by atoms with Crippen molar-refractivity contribution in [2.75, 3.05) is 0 Å². The minimum atomic E-state index is -0.739. The average molecular weight is 356 g/mol. The molecule has 26 heavy (non-hydrogen) atoms. The van der Waals surface area contributed by atoms with Gasteiger partial charge in [0.05, 0.1) is 16.8 Å². The van der Waals surface area contributed by atoms with E-state index in [1.807, 2.05) is 58.0 Å². The van der Waals surface area contributed by atoms with E-state index in [-0.39, 0.29) is 17.9 Å². The Morgan fingerprint density at radius 1 is 1.08 bits per heavy atom. The van der Waals surface area contributed by atoms with Crippen LogP contribution < -0.4 is 10.2 Å². The van der Waals surface area contributed by atoms with Gasteiger partial charge in [0, 0.05) is 0 Å². The number of aldehydes is 1. The lowest BCUT2D eigenvalue weighted by molar-refractivity contribution is 0.00578. The number of carbonyl (C=O) groups excluding carboxylic acids is 1. The number of halogens is 1. The highest BCUT2D eigenvalue weighted by atomic mass is 19.1. The monoisotopic (exact) mass is 356 g/mol. The molecule has 0 N–H and O–H groups in total. The van der Waals surface area contributed by atoms with Gasteiger partial charge in [0.25, 0.3) is 0 Å². The molecule has 2 aromatic rings. The summed E-state index contributed by atoms with van der Waals surface area (Å²) in [7, 11) is -0.739. The molecule has 0 spiro atoms. The maximum Gasteiger partial charge on any atom is 0.494 e. The second kappa shape index (κ2) is 6.85. The van der Waals surface area contributed by atoms with Crippen molar-refractivity contribution < 1.29 is 23.2 Å². The Kier molecular flexibility index (Phi) is 4.91. The van der Waals surface area contributed by atoms with Crippen LogP contribution >= 0.6 is 0 Å². The Labute approximate surface area is 153 Å². The van der Waals surface area contributed by atoms with Crippen LogP contribution in [0.25, 0.3) is 0 Å². The van der Waals surface area contributed by atoms with Crippen molar-refractivity contribution in [1.29, 1.82) is 0 Å². The number of ether oxygens (including phenoxy) is 1. The molecule has 1 saturated heterocycles. The minimum absolute atomic E-state index is 0.0656. The van der Waals surface area contributed by atoms with Gasteiger partial charge in [0.15, 0.2) is 17.9 Å². The smallest absolute Gasteiger partial charge is 0.485 e. The molecule has 1 aliphatic heterocycles. The molecule has 136 valence electrons. The topological polar surface area (TPSA) is 44.8 Å². The third-order valence-electron chi connectivity index (χ3n) is 4.97. The molecule has 0 unspecified atom stereocenters. The number of carbonyl (C=O) groups is 1. The van der Waals surface area contributed by atoms with E-state index in [0.717, 1.165) is 5.56 Å². The summed E-state index contributed by atoms with van der Waals surface area (Å²) in [5.74, 6) is -0.681. The van der Waals surface area contributed by atoms with Gasteiger partial charge in [-0.25, -0.2) is 4.39 Å². The van der Waals surface area contributed by atoms with Gasteiger partial charge < -0.3 is 14.0 Å². The molecular weight excluding hydrogens is 334 g/mol. The Morgan fingerprint density at radius 3 is 2.27 bits per heavy atom. The number of hydrogen-bond acceptors (Lipinski definition) is 4. The van der Waals surface area contributed by atoms with Gasteiger partial charge in [0.2, 0.25) is 0 Å². The third kappa shape index (κ3) is 3.52. The standard InChI is InChI=1S/C20H22BFO4/c1-19(2)20(3,4)26-21(25-19)16-10-15(12-23)18(17(22)11-16)24-13-14-8-6-5-7-9-14/h5-12H,13H2,1-4H3. The first-order valence-corrected chi connectivity index (χ1v) is 8.54. The van der Waals surface area contributed by atoms with Crippen LogP contribution in [0.15, 0.2) is 42.5 Å². The van der Waals surface area contributed by atoms with E-state index in [1.165, 1.54) is 6.07 Å². The summed E-state index contributed by atoms with van der Waals surface area (Å²) in [5.41, 5.74) is 0.385. The molecule has 0 aromatic heterocycles. The van der Waals surface area contributed by atoms with E-state index in [1.54, 1.807) is 6.07 Å². The zero-order valence-electron chi connectivity index (χ0n) is 15.4. The summed E-state index contributed by atoms with van der Waals surface area (Å²) in [5, 5.41) is 0. The lowest BCUT2D eigenvalue weighted by Gasteiger charge is -2.32. The van der Waals surface area contributed by atoms with Crippen molar-refractivity contribution in [1.82, 2.24) is 0 Å². The Bertz CT molecular complexity index is 789. The quantitative estimate of drug-likeness (QED) is 0.608. The highest BCUT2D eigenvalue weighted by Gasteiger charge is 2.51. The molecule has 1 heterocycles. The summed E-state index contributed by atoms with van der Waals surface area (Å²) in [6, 6.07) is 12.2. The van der Waals surface area contributed by atoms with Crippen LogP contribution in [0.3, 0.4) is 0 Å². The van der Waals surface area contributed by atoms with Crippen molar-refractivity contribution in [2.24, 2.45) is 0 Å². The van der Waals surface area contributed by atoms with Crippen molar-refractivity contribution >= 4 is 18.9 Å². The molecule has 0 saturated carbocycles. The molecule has 0 radical (unpaired) electrons. The SMILES string of the molecule is CC1(C)OB(c2cc(F)c(OCc3ccccc3)c(C=O)c2)OC1(C)C. The van der Waals surface area contributed by atoms with E-state index in [4.69, 9.17) is 14.0 Å². The van der Waals surface area contributed by atoms with Crippen molar-refractivity contribution in [3.63, 3.8) is 0 Å². The fourth-order valence-corrected chi connectivity index (χ4v) is 2.72. The highest BCUT2D eigenvalue weighted by molar-refractivity contribution is 6.62. The number of rotatable bonds is 5. The van der Waals surface area contributed by atoms with Gasteiger partial charge in [-0.05, 0) is 50.9 Å². The van der Waals surface area contributed by atoms with Crippen LogP contribution in [0.2, 0.25) is 0 Å². The fraction of sp³-hybridized carbons (Fsp3) is 0.350. The van der Waals surface area contributed by atoms with Crippen LogP contribution in [-0.4, -0.2) is 24.6 Å². The van der Waals surface area contributed by atoms with E-state index in [0.29, 0.717) is 11.7 Å². The molecule has 1 aliphatic rings. The van der Waals surface area contributed by atoms with Gasteiger partial charge in [-0.2, -0.15) is 0 Å². The van der Waals surface area contributed by atoms with Crippen LogP contribution in [0.5, 0.6) is 5.75 Å². The zero-order chi connectivity index (χ0) is 18.9. The van der Waals surface area contributed by atoms with Gasteiger partial charge >= 0.3 is 7.12 Å². The Morgan fingerprint density at radius 2 is 1.69 bits per heavy atom. The summed E-state index contributed by atoms with van der Waals surface area (Å²) in [6.45, 7) is 7.85. The average Bonchev–Trinajstić information content (AvgIpc) is 2.82. The maximum atomic E-state index is 14.6. The maximum absolute atomic E-state index is 14.6. The second-order valence-electron chi connectivity index (χ2n) is 7.40. The molecule has 3 rings (SSSR count). The summed E-state index contributed by atoms with van der Waals surface area (Å²) in [4.78, 5) is 11.5. The first-order valence-electron chi connectivity index (χ1n) is 8.54. The van der Waals surface area contributed by atoms with Crippen molar-refractivity contribution in [3.8, 4) is 5.75 Å². The van der Waals surface area contributed by atoms with Gasteiger partial charge in [-0.1, -0.05) is 30.3 Å². The highest BCUT2D eigenvalue weighted by Crippen LogP contribution is 2.37. The molecule has 0 amide bonds. The van der Waals surface area contributed by atoms with Gasteiger partial charge in [-0.15, -0.1) is 0 Å². The van der Waals surface area contributed by atoms with Crippen molar-refractivity contribution in [2.45, 2.75) is 45.5 Å². The first-order chi connectivity index (χ1) is 12.2. The van der Waals surface area contributed by atoms with E-state index in [2.05, 4.69) is 0 Å². The molecule has 0 aliphatic carbocycles. The van der Waals surface area contributed by atoms with E-state index in [9.17, 15) is 9.18 Å². The number of hydrogen-bond donors (Lipinski definition) is 0. The van der Waals surface area contributed by atoms with E-state index >= 15 is 0 Å². The molecule has 4 nitrogen and oxygen atoms in total. The molecule has 2 aromatic carbocycles. The fourth-order valence-electron chi connectivity index (χ4n) is 2.72. The van der Waals surface area contributed by atoms with Gasteiger partial charge in [0.1, 0.15) is 6.61 Å². The minimum Gasteiger partial charge on any atom is -0.485 e. The first kappa shape index (κ1) is 18.6. The van der Waals surface area contributed by atoms with Gasteiger partial charge in [-0.3, -0.25) is 4.79 Å². The molecule has 1 fully saturated rings. The summed E-state index contributed by atoms with van der Waals surface area (Å²) >= 11 is 0. The molecular formula is C20H22BFO4. The van der Waals surface area contributed by atoms with Crippen LogP contribution in [0.1, 0.15) is 43.6 Å². The summed E-state index contributed by atoms with van der Waals surface area (Å²) < 4.78 is 32.1. The Balaban J connectivity index is 1.85. The molecule has 0 atom stereocenters. The van der Waals surface area contributed by atoms with Crippen molar-refractivity contribution in [3.05, 3.63) is 59.4 Å². The third-order valence-corrected chi connectivity index (χ3v) is 4.97. The van der Waals surface area contributed by atoms with Crippen LogP contribution in [0, 0.1) is 5.82 Å². The normalized spacial score (nSPS) is 18.0. The number of benzene rings is 2. The lowest BCUT2D eigenvalue weighted by atomic mass is 9.78. The zero-order valence-corrected chi connectivity index (χ0v) is 15.4. The van der Waals surface area contributed by atoms with Crippen LogP contribution in [0.4, 0.5) is 4.39 Å². The summed E-state index contributed by atoms with van der Waals surface area (Å²) in [6.07, 6.45) is 0.581. The second-order valence-corrected chi connectivity index (χ2v) is 7.40. The Hall–Kier alpha value is -2.18. The molecule has 6 heteroatoms.